The summed E-state index contributed by atoms with van der Waals surface area (Å²) in [5, 5.41) is 5.46. The maximum absolute atomic E-state index is 13.6. The molecule has 0 saturated carbocycles. The normalized spacial score (nSPS) is 10.8. The Morgan fingerprint density at radius 1 is 1.32 bits per heavy atom. The molecule has 3 nitrogen and oxygen atoms in total. The van der Waals surface area contributed by atoms with E-state index >= 15 is 0 Å². The van der Waals surface area contributed by atoms with E-state index in [4.69, 9.17) is 0 Å². The summed E-state index contributed by atoms with van der Waals surface area (Å²) in [5.41, 5.74) is -0.0556. The SMILES string of the molecule is Cc1ccc(F)c(NC(=O)CCCNC(C)C)c1F. The molecule has 5 heteroatoms. The lowest BCUT2D eigenvalue weighted by molar-refractivity contribution is -0.116. The van der Waals surface area contributed by atoms with Crippen LogP contribution in [0.2, 0.25) is 0 Å². The van der Waals surface area contributed by atoms with E-state index in [9.17, 15) is 13.6 Å². The van der Waals surface area contributed by atoms with E-state index in [1.54, 1.807) is 0 Å². The highest BCUT2D eigenvalue weighted by Crippen LogP contribution is 2.21. The maximum atomic E-state index is 13.6. The molecule has 0 aliphatic heterocycles. The molecular weight excluding hydrogens is 250 g/mol. The quantitative estimate of drug-likeness (QED) is 0.780. The first-order valence-electron chi connectivity index (χ1n) is 6.39. The number of nitrogens with one attached hydrogen (secondary N) is 2. The topological polar surface area (TPSA) is 41.1 Å². The fourth-order valence-corrected chi connectivity index (χ4v) is 1.61. The van der Waals surface area contributed by atoms with Gasteiger partial charge in [0, 0.05) is 12.5 Å². The average molecular weight is 270 g/mol. The third kappa shape index (κ3) is 4.95. The van der Waals surface area contributed by atoms with Crippen LogP contribution < -0.4 is 10.6 Å². The Bertz CT molecular complexity index is 447. The predicted molar refractivity (Wildman–Crippen MR) is 72.1 cm³/mol. The van der Waals surface area contributed by atoms with Crippen LogP contribution >= 0.6 is 0 Å². The fourth-order valence-electron chi connectivity index (χ4n) is 1.61. The smallest absolute Gasteiger partial charge is 0.224 e. The van der Waals surface area contributed by atoms with Crippen LogP contribution in [0.1, 0.15) is 32.3 Å². The van der Waals surface area contributed by atoms with Gasteiger partial charge in [-0.25, -0.2) is 8.78 Å². The molecule has 1 aromatic carbocycles. The van der Waals surface area contributed by atoms with Crippen LogP contribution in [0.15, 0.2) is 12.1 Å². The minimum absolute atomic E-state index is 0.229. The van der Waals surface area contributed by atoms with Crippen molar-refractivity contribution in [2.24, 2.45) is 0 Å². The summed E-state index contributed by atoms with van der Waals surface area (Å²) in [7, 11) is 0. The van der Waals surface area contributed by atoms with Crippen LogP contribution in [0.25, 0.3) is 0 Å². The minimum Gasteiger partial charge on any atom is -0.321 e. The number of carbonyl (C=O) groups is 1. The zero-order chi connectivity index (χ0) is 14.4. The molecule has 0 aliphatic rings. The van der Waals surface area contributed by atoms with Crippen LogP contribution in [-0.4, -0.2) is 18.5 Å². The molecule has 1 aromatic rings. The van der Waals surface area contributed by atoms with Gasteiger partial charge in [0.15, 0.2) is 5.82 Å². The second-order valence-corrected chi connectivity index (χ2v) is 4.81. The summed E-state index contributed by atoms with van der Waals surface area (Å²) >= 11 is 0. The Morgan fingerprint density at radius 3 is 2.63 bits per heavy atom. The summed E-state index contributed by atoms with van der Waals surface area (Å²) in [4.78, 5) is 11.6. The fraction of sp³-hybridized carbons (Fsp3) is 0.500. The summed E-state index contributed by atoms with van der Waals surface area (Å²) in [5.74, 6) is -1.85. The van der Waals surface area contributed by atoms with E-state index in [2.05, 4.69) is 10.6 Å². The number of amides is 1. The second kappa shape index (κ2) is 7.19. The third-order valence-corrected chi connectivity index (χ3v) is 2.68. The highest BCUT2D eigenvalue weighted by Gasteiger charge is 2.13. The molecular formula is C14H20F2N2O. The first-order chi connectivity index (χ1) is 8.91. The van der Waals surface area contributed by atoms with Gasteiger partial charge < -0.3 is 10.6 Å². The largest absolute Gasteiger partial charge is 0.321 e. The Hall–Kier alpha value is -1.49. The standard InChI is InChI=1S/C14H20F2N2O/c1-9(2)17-8-4-5-12(19)18-14-11(15)7-6-10(3)13(14)16/h6-7,9,17H,4-5,8H2,1-3H3,(H,18,19). The second-order valence-electron chi connectivity index (χ2n) is 4.81. The van der Waals surface area contributed by atoms with Crippen LogP contribution in [0.4, 0.5) is 14.5 Å². The van der Waals surface area contributed by atoms with E-state index in [0.29, 0.717) is 24.6 Å². The molecule has 0 heterocycles. The lowest BCUT2D eigenvalue weighted by Crippen LogP contribution is -2.25. The highest BCUT2D eigenvalue weighted by molar-refractivity contribution is 5.91. The maximum Gasteiger partial charge on any atom is 0.224 e. The van der Waals surface area contributed by atoms with Gasteiger partial charge in [-0.15, -0.1) is 0 Å². The molecule has 0 spiro atoms. The molecule has 0 radical (unpaired) electrons. The lowest BCUT2D eigenvalue weighted by Gasteiger charge is -2.10. The van der Waals surface area contributed by atoms with Gasteiger partial charge in [0.1, 0.15) is 11.5 Å². The van der Waals surface area contributed by atoms with Gasteiger partial charge in [0.2, 0.25) is 5.91 Å². The molecule has 0 fully saturated rings. The van der Waals surface area contributed by atoms with Gasteiger partial charge in [-0.2, -0.15) is 0 Å². The van der Waals surface area contributed by atoms with E-state index in [1.807, 2.05) is 13.8 Å². The number of anilines is 1. The van der Waals surface area contributed by atoms with Gasteiger partial charge in [-0.3, -0.25) is 4.79 Å². The summed E-state index contributed by atoms with van der Waals surface area (Å²) in [6.07, 6.45) is 0.853. The molecule has 0 unspecified atom stereocenters. The number of hydrogen-bond donors (Lipinski definition) is 2. The molecule has 1 rings (SSSR count). The number of rotatable bonds is 6. The van der Waals surface area contributed by atoms with Crippen molar-refractivity contribution in [2.75, 3.05) is 11.9 Å². The van der Waals surface area contributed by atoms with Crippen molar-refractivity contribution in [3.05, 3.63) is 29.3 Å². The molecule has 19 heavy (non-hydrogen) atoms. The molecule has 0 atom stereocenters. The van der Waals surface area contributed by atoms with Crippen molar-refractivity contribution < 1.29 is 13.6 Å². The van der Waals surface area contributed by atoms with Crippen molar-refractivity contribution in [3.8, 4) is 0 Å². The number of benzene rings is 1. The molecule has 0 aromatic heterocycles. The Morgan fingerprint density at radius 2 is 2.00 bits per heavy atom. The number of carbonyl (C=O) groups excluding carboxylic acids is 1. The Labute approximate surface area is 112 Å². The van der Waals surface area contributed by atoms with Crippen molar-refractivity contribution >= 4 is 11.6 Å². The van der Waals surface area contributed by atoms with E-state index < -0.39 is 11.6 Å². The third-order valence-electron chi connectivity index (χ3n) is 2.68. The number of aryl methyl sites for hydroxylation is 1. The van der Waals surface area contributed by atoms with Gasteiger partial charge in [0.05, 0.1) is 0 Å². The number of halogens is 2. The van der Waals surface area contributed by atoms with Gasteiger partial charge in [0.25, 0.3) is 0 Å². The summed E-state index contributed by atoms with van der Waals surface area (Å²) in [6.45, 7) is 6.25. The van der Waals surface area contributed by atoms with E-state index in [0.717, 1.165) is 6.07 Å². The van der Waals surface area contributed by atoms with Crippen LogP contribution in [0.3, 0.4) is 0 Å². The van der Waals surface area contributed by atoms with Gasteiger partial charge >= 0.3 is 0 Å². The molecule has 1 amide bonds. The van der Waals surface area contributed by atoms with Crippen molar-refractivity contribution in [1.29, 1.82) is 0 Å². The zero-order valence-electron chi connectivity index (χ0n) is 11.5. The average Bonchev–Trinajstić information content (AvgIpc) is 2.35. The van der Waals surface area contributed by atoms with Crippen molar-refractivity contribution in [3.63, 3.8) is 0 Å². The first-order valence-corrected chi connectivity index (χ1v) is 6.39. The minimum atomic E-state index is -0.753. The van der Waals surface area contributed by atoms with Crippen LogP contribution in [0, 0.1) is 18.6 Å². The highest BCUT2D eigenvalue weighted by atomic mass is 19.1. The molecule has 2 N–H and O–H groups in total. The van der Waals surface area contributed by atoms with Crippen LogP contribution in [-0.2, 0) is 4.79 Å². The summed E-state index contributed by atoms with van der Waals surface area (Å²) < 4.78 is 27.1. The predicted octanol–water partition coefficient (Wildman–Crippen LogP) is 2.99. The molecule has 0 bridgehead atoms. The van der Waals surface area contributed by atoms with Crippen LogP contribution in [0.5, 0.6) is 0 Å². The number of hydrogen-bond acceptors (Lipinski definition) is 2. The monoisotopic (exact) mass is 270 g/mol. The lowest BCUT2D eigenvalue weighted by atomic mass is 10.2. The first kappa shape index (κ1) is 15.6. The molecule has 0 aliphatic carbocycles. The van der Waals surface area contributed by atoms with E-state index in [-0.39, 0.29) is 18.0 Å². The Balaban J connectivity index is 2.51. The van der Waals surface area contributed by atoms with Crippen molar-refractivity contribution in [1.82, 2.24) is 5.32 Å². The molecule has 106 valence electrons. The zero-order valence-corrected chi connectivity index (χ0v) is 11.5. The van der Waals surface area contributed by atoms with Gasteiger partial charge in [-0.1, -0.05) is 19.9 Å². The Kier molecular flexibility index (Phi) is 5.89. The molecule has 0 saturated heterocycles. The summed E-state index contributed by atoms with van der Waals surface area (Å²) in [6, 6.07) is 2.84. The van der Waals surface area contributed by atoms with Crippen molar-refractivity contribution in [2.45, 2.75) is 39.7 Å². The van der Waals surface area contributed by atoms with E-state index in [1.165, 1.54) is 13.0 Å². The van der Waals surface area contributed by atoms with Gasteiger partial charge in [-0.05, 0) is 31.5 Å².